The molecule has 0 aliphatic carbocycles. The summed E-state index contributed by atoms with van der Waals surface area (Å²) in [5.41, 5.74) is 2.18. The van der Waals surface area contributed by atoms with Crippen molar-refractivity contribution in [1.82, 2.24) is 0 Å². The zero-order valence-electron chi connectivity index (χ0n) is 22.1. The molecule has 0 spiro atoms. The average molecular weight is 511 g/mol. The van der Waals surface area contributed by atoms with Gasteiger partial charge in [-0.3, -0.25) is 0 Å². The molecule has 0 saturated carbocycles. The van der Waals surface area contributed by atoms with Gasteiger partial charge in [0.05, 0.1) is 0 Å². The number of ether oxygens (including phenoxy) is 1. The van der Waals surface area contributed by atoms with E-state index in [1.165, 1.54) is 0 Å². The van der Waals surface area contributed by atoms with Crippen LogP contribution in [0.1, 0.15) is 47.8 Å². The molecule has 4 aromatic rings. The first-order valence-corrected chi connectivity index (χ1v) is 14.4. The van der Waals surface area contributed by atoms with Gasteiger partial charge in [0.1, 0.15) is 23.7 Å². The third-order valence-corrected chi connectivity index (χ3v) is 11.7. The van der Waals surface area contributed by atoms with Crippen LogP contribution in [0.15, 0.2) is 97.1 Å². The third-order valence-electron chi connectivity index (χ3n) is 6.80. The molecule has 5 heteroatoms. The lowest BCUT2D eigenvalue weighted by molar-refractivity contribution is 0.0468. The van der Waals surface area contributed by atoms with Gasteiger partial charge >= 0.3 is 14.3 Å². The summed E-state index contributed by atoms with van der Waals surface area (Å²) in [6, 6.07) is 32.0. The molecule has 0 heterocycles. The summed E-state index contributed by atoms with van der Waals surface area (Å²) in [6.07, 6.45) is 0. The van der Waals surface area contributed by atoms with E-state index in [4.69, 9.17) is 9.16 Å². The van der Waals surface area contributed by atoms with Crippen LogP contribution in [-0.2, 0) is 11.3 Å². The lowest BCUT2D eigenvalue weighted by Gasteiger charge is -2.43. The number of phenolic OH excluding ortho intramolecular Hbond substituents is 1. The number of phenols is 1. The molecule has 0 radical (unpaired) electrons. The Kier molecular flexibility index (Phi) is 7.55. The highest BCUT2D eigenvalue weighted by Crippen LogP contribution is 2.41. The smallest absolute Gasteiger partial charge is 0.342 e. The van der Waals surface area contributed by atoms with Gasteiger partial charge in [0.15, 0.2) is 0 Å². The number of benzene rings is 4. The van der Waals surface area contributed by atoms with Gasteiger partial charge in [-0.1, -0.05) is 112 Å². The van der Waals surface area contributed by atoms with E-state index in [1.54, 1.807) is 13.8 Å². The molecule has 0 saturated heterocycles. The molecule has 0 fully saturated rings. The van der Waals surface area contributed by atoms with Crippen molar-refractivity contribution in [3.63, 3.8) is 0 Å². The molecule has 0 aromatic heterocycles. The summed E-state index contributed by atoms with van der Waals surface area (Å²) in [7, 11) is -2.90. The molecule has 190 valence electrons. The Bertz CT molecular complexity index is 1320. The van der Waals surface area contributed by atoms with Crippen LogP contribution in [0.2, 0.25) is 5.04 Å². The fourth-order valence-corrected chi connectivity index (χ4v) is 9.31. The minimum absolute atomic E-state index is 0.106. The normalized spacial score (nSPS) is 11.7. The topological polar surface area (TPSA) is 55.8 Å². The summed E-state index contributed by atoms with van der Waals surface area (Å²) < 4.78 is 12.7. The minimum Gasteiger partial charge on any atom is -0.534 e. The van der Waals surface area contributed by atoms with Gasteiger partial charge in [0.25, 0.3) is 0 Å². The van der Waals surface area contributed by atoms with Crippen LogP contribution in [0.4, 0.5) is 0 Å². The molecule has 0 amide bonds. The first-order chi connectivity index (χ1) is 17.6. The van der Waals surface area contributed by atoms with E-state index in [2.05, 4.69) is 45.0 Å². The molecular weight excluding hydrogens is 476 g/mol. The quantitative estimate of drug-likeness (QED) is 0.234. The van der Waals surface area contributed by atoms with Crippen LogP contribution in [0.3, 0.4) is 0 Å². The van der Waals surface area contributed by atoms with Crippen LogP contribution < -0.4 is 14.8 Å². The van der Waals surface area contributed by atoms with Gasteiger partial charge < -0.3 is 14.3 Å². The van der Waals surface area contributed by atoms with E-state index >= 15 is 0 Å². The van der Waals surface area contributed by atoms with Crippen molar-refractivity contribution < 1.29 is 19.1 Å². The second-order valence-corrected chi connectivity index (χ2v) is 14.6. The predicted molar refractivity (Wildman–Crippen MR) is 151 cm³/mol. The lowest BCUT2D eigenvalue weighted by Crippen LogP contribution is -2.68. The van der Waals surface area contributed by atoms with Gasteiger partial charge in [0.2, 0.25) is 0 Å². The van der Waals surface area contributed by atoms with Gasteiger partial charge in [-0.05, 0) is 46.5 Å². The van der Waals surface area contributed by atoms with Gasteiger partial charge in [-0.25, -0.2) is 4.79 Å². The number of rotatable bonds is 7. The van der Waals surface area contributed by atoms with Crippen LogP contribution in [0, 0.1) is 13.8 Å². The number of carbonyl (C=O) groups excluding carboxylic acids is 1. The maximum absolute atomic E-state index is 13.0. The van der Waals surface area contributed by atoms with Crippen molar-refractivity contribution in [3.05, 3.63) is 119 Å². The zero-order chi connectivity index (χ0) is 26.6. The second-order valence-electron chi connectivity index (χ2n) is 10.4. The first kappa shape index (κ1) is 26.2. The highest BCUT2D eigenvalue weighted by Gasteiger charge is 2.52. The Balaban J connectivity index is 1.78. The average Bonchev–Trinajstić information content (AvgIpc) is 2.89. The SMILES string of the molecule is Cc1cc(O[Si](c2ccccc2)(c2ccccc2)C(C)(C)C)c(C)c(O)c1C(=O)OCc1ccccc1. The van der Waals surface area contributed by atoms with E-state index in [0.717, 1.165) is 15.9 Å². The summed E-state index contributed by atoms with van der Waals surface area (Å²) in [5, 5.41) is 13.2. The van der Waals surface area contributed by atoms with Crippen molar-refractivity contribution in [3.8, 4) is 11.5 Å². The van der Waals surface area contributed by atoms with Crippen LogP contribution in [0.25, 0.3) is 0 Å². The van der Waals surface area contributed by atoms with E-state index < -0.39 is 14.3 Å². The maximum atomic E-state index is 13.0. The Morgan fingerprint density at radius 2 is 1.30 bits per heavy atom. The third kappa shape index (κ3) is 5.18. The van der Waals surface area contributed by atoms with Crippen LogP contribution >= 0.6 is 0 Å². The number of hydrogen-bond acceptors (Lipinski definition) is 4. The Hall–Kier alpha value is -3.83. The van der Waals surface area contributed by atoms with Crippen LogP contribution in [-0.4, -0.2) is 19.4 Å². The minimum atomic E-state index is -2.90. The van der Waals surface area contributed by atoms with Gasteiger partial charge in [-0.2, -0.15) is 0 Å². The van der Waals surface area contributed by atoms with Crippen LogP contribution in [0.5, 0.6) is 11.5 Å². The summed E-state index contributed by atoms with van der Waals surface area (Å²) in [6.45, 7) is 10.3. The summed E-state index contributed by atoms with van der Waals surface area (Å²) in [5.74, 6) is -0.0890. The van der Waals surface area contributed by atoms with Crippen molar-refractivity contribution >= 4 is 24.7 Å². The zero-order valence-corrected chi connectivity index (χ0v) is 23.1. The van der Waals surface area contributed by atoms with Crippen molar-refractivity contribution in [2.75, 3.05) is 0 Å². The summed E-state index contributed by atoms with van der Waals surface area (Å²) >= 11 is 0. The molecule has 1 N–H and O–H groups in total. The van der Waals surface area contributed by atoms with E-state index in [-0.39, 0.29) is 23.0 Å². The molecule has 0 bridgehead atoms. The number of carbonyl (C=O) groups is 1. The fraction of sp³-hybridized carbons (Fsp3) is 0.219. The van der Waals surface area contributed by atoms with Crippen molar-refractivity contribution in [1.29, 1.82) is 0 Å². The molecule has 0 atom stereocenters. The number of hydrogen-bond donors (Lipinski definition) is 1. The highest BCUT2D eigenvalue weighted by atomic mass is 28.4. The molecule has 4 nitrogen and oxygen atoms in total. The molecule has 0 aliphatic rings. The van der Waals surface area contributed by atoms with Gasteiger partial charge in [-0.15, -0.1) is 0 Å². The molecule has 0 aliphatic heterocycles. The molecule has 0 unspecified atom stereocenters. The van der Waals surface area contributed by atoms with E-state index in [1.807, 2.05) is 72.8 Å². The molecular formula is C32H34O4Si. The number of aryl methyl sites for hydroxylation is 1. The van der Waals surface area contributed by atoms with E-state index in [9.17, 15) is 9.90 Å². The molecule has 4 aromatic carbocycles. The summed E-state index contributed by atoms with van der Waals surface area (Å²) in [4.78, 5) is 13.0. The van der Waals surface area contributed by atoms with E-state index in [0.29, 0.717) is 16.9 Å². The maximum Gasteiger partial charge on any atom is 0.342 e. The first-order valence-electron chi connectivity index (χ1n) is 12.5. The second kappa shape index (κ2) is 10.6. The highest BCUT2D eigenvalue weighted by molar-refractivity contribution is 7.00. The number of esters is 1. The molecule has 37 heavy (non-hydrogen) atoms. The fourth-order valence-electron chi connectivity index (χ4n) is 4.84. The molecule has 4 rings (SSSR count). The Morgan fingerprint density at radius 1 is 0.811 bits per heavy atom. The van der Waals surface area contributed by atoms with Crippen molar-refractivity contribution in [2.24, 2.45) is 0 Å². The van der Waals surface area contributed by atoms with Gasteiger partial charge in [0, 0.05) is 5.56 Å². The monoisotopic (exact) mass is 510 g/mol. The van der Waals surface area contributed by atoms with Crippen molar-refractivity contribution in [2.45, 2.75) is 46.3 Å². The Labute approximate surface area is 220 Å². The standard InChI is InChI=1S/C32H34O4Si/c1-23-21-28(24(2)30(33)29(23)31(34)35-22-25-15-9-6-10-16-25)36-37(32(3,4)5,26-17-11-7-12-18-26)27-19-13-8-14-20-27/h6-21,33H,22H2,1-5H3. The predicted octanol–water partition coefficient (Wildman–Crippen LogP) is 6.30. The number of aromatic hydroxyl groups is 1. The Morgan fingerprint density at radius 3 is 1.78 bits per heavy atom. The largest absolute Gasteiger partial charge is 0.534 e. The lowest BCUT2D eigenvalue weighted by atomic mass is 10.0.